The van der Waals surface area contributed by atoms with Crippen molar-refractivity contribution in [3.8, 4) is 0 Å². The van der Waals surface area contributed by atoms with Crippen molar-refractivity contribution >= 4 is 29.1 Å². The molecule has 1 fully saturated rings. The molecule has 2 aliphatic rings. The molecule has 4 rings (SSSR count). The number of fused-ring (bicyclic) bond motifs is 1. The molecule has 0 radical (unpaired) electrons. The standard InChI is InChI=1S/C21H22N4O3/c1-23-10-12-24(13-11-23)16-8-6-15(7-9-16)22-19(26)14-25-20(27)17-4-2-3-5-18(17)21(25)28/h2-9H,10-14H2,1H3,(H,22,26). The molecule has 0 saturated carbocycles. The molecule has 0 spiro atoms. The summed E-state index contributed by atoms with van der Waals surface area (Å²) >= 11 is 0. The van der Waals surface area contributed by atoms with Gasteiger partial charge in [0.15, 0.2) is 0 Å². The van der Waals surface area contributed by atoms with Crippen LogP contribution in [0, 0.1) is 0 Å². The second-order valence-corrected chi connectivity index (χ2v) is 7.13. The number of likely N-dealkylation sites (N-methyl/N-ethyl adjacent to an activating group) is 1. The molecule has 7 heteroatoms. The van der Waals surface area contributed by atoms with E-state index in [4.69, 9.17) is 0 Å². The minimum absolute atomic E-state index is 0.299. The van der Waals surface area contributed by atoms with Crippen molar-refractivity contribution in [3.63, 3.8) is 0 Å². The van der Waals surface area contributed by atoms with E-state index in [1.807, 2.05) is 24.3 Å². The van der Waals surface area contributed by atoms with E-state index in [-0.39, 0.29) is 6.54 Å². The Morgan fingerprint density at radius 1 is 0.893 bits per heavy atom. The summed E-state index contributed by atoms with van der Waals surface area (Å²) in [5.74, 6) is -1.26. The van der Waals surface area contributed by atoms with E-state index < -0.39 is 17.7 Å². The summed E-state index contributed by atoms with van der Waals surface area (Å²) in [6.45, 7) is 3.70. The van der Waals surface area contributed by atoms with E-state index in [1.165, 1.54) is 0 Å². The van der Waals surface area contributed by atoms with Crippen LogP contribution in [-0.4, -0.2) is 67.3 Å². The number of carbonyl (C=O) groups is 3. The van der Waals surface area contributed by atoms with Gasteiger partial charge in [0.25, 0.3) is 11.8 Å². The monoisotopic (exact) mass is 378 g/mol. The van der Waals surface area contributed by atoms with Crippen molar-refractivity contribution in [3.05, 3.63) is 59.7 Å². The Balaban J connectivity index is 1.37. The summed E-state index contributed by atoms with van der Waals surface area (Å²) in [5.41, 5.74) is 2.44. The van der Waals surface area contributed by atoms with E-state index in [1.54, 1.807) is 24.3 Å². The second kappa shape index (κ2) is 7.44. The summed E-state index contributed by atoms with van der Waals surface area (Å²) in [4.78, 5) is 42.7. The van der Waals surface area contributed by atoms with Crippen LogP contribution in [0.25, 0.3) is 0 Å². The molecular formula is C21H22N4O3. The van der Waals surface area contributed by atoms with Crippen molar-refractivity contribution in [2.24, 2.45) is 0 Å². The van der Waals surface area contributed by atoms with Crippen LogP contribution in [0.15, 0.2) is 48.5 Å². The molecule has 0 atom stereocenters. The van der Waals surface area contributed by atoms with Crippen LogP contribution < -0.4 is 10.2 Å². The number of carbonyl (C=O) groups excluding carboxylic acids is 3. The fourth-order valence-electron chi connectivity index (χ4n) is 3.55. The normalized spacial score (nSPS) is 17.0. The number of rotatable bonds is 4. The first kappa shape index (κ1) is 18.2. The maximum Gasteiger partial charge on any atom is 0.262 e. The molecule has 2 aliphatic heterocycles. The number of hydrogen-bond donors (Lipinski definition) is 1. The fraction of sp³-hybridized carbons (Fsp3) is 0.286. The first-order valence-corrected chi connectivity index (χ1v) is 9.31. The van der Waals surface area contributed by atoms with Crippen LogP contribution in [0.5, 0.6) is 0 Å². The van der Waals surface area contributed by atoms with Gasteiger partial charge in [-0.25, -0.2) is 0 Å². The summed E-state index contributed by atoms with van der Waals surface area (Å²) in [7, 11) is 2.12. The van der Waals surface area contributed by atoms with Gasteiger partial charge in [-0.15, -0.1) is 0 Å². The van der Waals surface area contributed by atoms with Gasteiger partial charge in [0, 0.05) is 37.6 Å². The van der Waals surface area contributed by atoms with E-state index >= 15 is 0 Å². The number of piperazine rings is 1. The molecule has 3 amide bonds. The Bertz CT molecular complexity index is 883. The molecular weight excluding hydrogens is 356 g/mol. The summed E-state index contributed by atoms with van der Waals surface area (Å²) in [6.07, 6.45) is 0. The molecule has 144 valence electrons. The molecule has 7 nitrogen and oxygen atoms in total. The second-order valence-electron chi connectivity index (χ2n) is 7.13. The van der Waals surface area contributed by atoms with Crippen LogP contribution in [0.2, 0.25) is 0 Å². The highest BCUT2D eigenvalue weighted by molar-refractivity contribution is 6.22. The van der Waals surface area contributed by atoms with Crippen LogP contribution >= 0.6 is 0 Å². The average Bonchev–Trinajstić information content (AvgIpc) is 2.94. The zero-order valence-corrected chi connectivity index (χ0v) is 15.7. The van der Waals surface area contributed by atoms with E-state index in [9.17, 15) is 14.4 Å². The van der Waals surface area contributed by atoms with Gasteiger partial charge in [0.05, 0.1) is 11.1 Å². The smallest absolute Gasteiger partial charge is 0.262 e. The number of amides is 3. The predicted molar refractivity (Wildman–Crippen MR) is 107 cm³/mol. The van der Waals surface area contributed by atoms with Crippen molar-refractivity contribution < 1.29 is 14.4 Å². The van der Waals surface area contributed by atoms with Gasteiger partial charge >= 0.3 is 0 Å². The molecule has 0 unspecified atom stereocenters. The molecule has 2 heterocycles. The van der Waals surface area contributed by atoms with Gasteiger partial charge in [0.1, 0.15) is 6.54 Å². The Morgan fingerprint density at radius 2 is 1.46 bits per heavy atom. The summed E-state index contributed by atoms with van der Waals surface area (Å²) in [6, 6.07) is 14.2. The Labute approximate surface area is 163 Å². The minimum atomic E-state index is -0.429. The quantitative estimate of drug-likeness (QED) is 0.820. The number of nitrogens with one attached hydrogen (secondary N) is 1. The van der Waals surface area contributed by atoms with Gasteiger partial charge in [-0.2, -0.15) is 0 Å². The summed E-state index contributed by atoms with van der Waals surface area (Å²) in [5, 5.41) is 2.76. The number of benzene rings is 2. The highest BCUT2D eigenvalue weighted by atomic mass is 16.2. The van der Waals surface area contributed by atoms with Gasteiger partial charge in [0.2, 0.25) is 5.91 Å². The number of anilines is 2. The molecule has 0 bridgehead atoms. The van der Waals surface area contributed by atoms with Crippen molar-refractivity contribution in [2.75, 3.05) is 50.0 Å². The van der Waals surface area contributed by atoms with Crippen molar-refractivity contribution in [1.29, 1.82) is 0 Å². The minimum Gasteiger partial charge on any atom is -0.369 e. The Morgan fingerprint density at radius 3 is 2.04 bits per heavy atom. The lowest BCUT2D eigenvalue weighted by molar-refractivity contribution is -0.116. The highest BCUT2D eigenvalue weighted by Crippen LogP contribution is 2.23. The molecule has 1 saturated heterocycles. The van der Waals surface area contributed by atoms with Crippen LogP contribution in [0.1, 0.15) is 20.7 Å². The third kappa shape index (κ3) is 3.48. The maximum absolute atomic E-state index is 12.4. The largest absolute Gasteiger partial charge is 0.369 e. The van der Waals surface area contributed by atoms with E-state index in [2.05, 4.69) is 22.2 Å². The molecule has 2 aromatic carbocycles. The lowest BCUT2D eigenvalue weighted by atomic mass is 10.1. The third-order valence-electron chi connectivity index (χ3n) is 5.20. The van der Waals surface area contributed by atoms with Crippen molar-refractivity contribution in [1.82, 2.24) is 9.80 Å². The SMILES string of the molecule is CN1CCN(c2ccc(NC(=O)CN3C(=O)c4ccccc4C3=O)cc2)CC1. The van der Waals surface area contributed by atoms with Gasteiger partial charge in [-0.3, -0.25) is 19.3 Å². The lowest BCUT2D eigenvalue weighted by Crippen LogP contribution is -2.44. The molecule has 1 N–H and O–H groups in total. The average molecular weight is 378 g/mol. The zero-order chi connectivity index (χ0) is 19.7. The Kier molecular flexibility index (Phi) is 4.83. The molecule has 0 aromatic heterocycles. The highest BCUT2D eigenvalue weighted by Gasteiger charge is 2.36. The Hall–Kier alpha value is -3.19. The van der Waals surface area contributed by atoms with Crippen LogP contribution in [0.3, 0.4) is 0 Å². The van der Waals surface area contributed by atoms with E-state index in [0.29, 0.717) is 16.8 Å². The topological polar surface area (TPSA) is 73.0 Å². The van der Waals surface area contributed by atoms with E-state index in [0.717, 1.165) is 36.8 Å². The third-order valence-corrected chi connectivity index (χ3v) is 5.20. The van der Waals surface area contributed by atoms with Gasteiger partial charge in [-0.1, -0.05) is 12.1 Å². The maximum atomic E-state index is 12.4. The van der Waals surface area contributed by atoms with Gasteiger partial charge < -0.3 is 15.1 Å². The van der Waals surface area contributed by atoms with Crippen LogP contribution in [0.4, 0.5) is 11.4 Å². The predicted octanol–water partition coefficient (Wildman–Crippen LogP) is 1.67. The molecule has 28 heavy (non-hydrogen) atoms. The van der Waals surface area contributed by atoms with Gasteiger partial charge in [-0.05, 0) is 43.4 Å². The number of imide groups is 1. The zero-order valence-electron chi connectivity index (χ0n) is 15.7. The van der Waals surface area contributed by atoms with Crippen molar-refractivity contribution in [2.45, 2.75) is 0 Å². The van der Waals surface area contributed by atoms with Crippen LogP contribution in [-0.2, 0) is 4.79 Å². The molecule has 0 aliphatic carbocycles. The first-order valence-electron chi connectivity index (χ1n) is 9.31. The lowest BCUT2D eigenvalue weighted by Gasteiger charge is -2.34. The fourth-order valence-corrected chi connectivity index (χ4v) is 3.55. The molecule has 2 aromatic rings. The first-order chi connectivity index (χ1) is 13.5. The number of hydrogen-bond acceptors (Lipinski definition) is 5. The summed E-state index contributed by atoms with van der Waals surface area (Å²) < 4.78 is 0. The number of nitrogens with zero attached hydrogens (tertiary/aromatic N) is 3.